The Kier molecular flexibility index (Phi) is 7.29. The molecule has 0 saturated carbocycles. The van der Waals surface area contributed by atoms with Crippen molar-refractivity contribution >= 4 is 35.1 Å². The van der Waals surface area contributed by atoms with Crippen molar-refractivity contribution < 1.29 is 14.3 Å². The number of hydrogen-bond acceptors (Lipinski definition) is 3. The maximum Gasteiger partial charge on any atom is 0.310 e. The highest BCUT2D eigenvalue weighted by Gasteiger charge is 2.11. The molecular weight excluding hydrogens is 361 g/mol. The van der Waals surface area contributed by atoms with Gasteiger partial charge in [-0.1, -0.05) is 66.5 Å². The summed E-state index contributed by atoms with van der Waals surface area (Å²) < 4.78 is 4.99. The number of rotatable bonds is 7. The predicted molar refractivity (Wildman–Crippen MR) is 99.0 cm³/mol. The van der Waals surface area contributed by atoms with Gasteiger partial charge in [0, 0.05) is 6.54 Å². The number of carbonyl (C=O) groups excluding carboxylic acids is 2. The summed E-state index contributed by atoms with van der Waals surface area (Å²) in [6, 6.07) is 14.8. The number of ether oxygens (including phenoxy) is 1. The summed E-state index contributed by atoms with van der Waals surface area (Å²) in [5.41, 5.74) is 1.82. The highest BCUT2D eigenvalue weighted by molar-refractivity contribution is 6.42. The summed E-state index contributed by atoms with van der Waals surface area (Å²) in [4.78, 5) is 23.6. The van der Waals surface area contributed by atoms with Gasteiger partial charge < -0.3 is 10.1 Å². The number of carbonyl (C=O) groups is 2. The first kappa shape index (κ1) is 19.3. The van der Waals surface area contributed by atoms with E-state index in [1.165, 1.54) is 0 Å². The highest BCUT2D eigenvalue weighted by atomic mass is 35.5. The normalized spacial score (nSPS) is 11.6. The Morgan fingerprint density at radius 1 is 1.08 bits per heavy atom. The SMILES string of the molecule is C[C@@H](CNC(=O)COC(=O)Cc1ccc(Cl)c(Cl)c1)c1ccccc1. The summed E-state index contributed by atoms with van der Waals surface area (Å²) in [5.74, 6) is -0.646. The van der Waals surface area contributed by atoms with Gasteiger partial charge in [0.25, 0.3) is 5.91 Å². The molecule has 0 fully saturated rings. The maximum absolute atomic E-state index is 11.8. The minimum Gasteiger partial charge on any atom is -0.455 e. The van der Waals surface area contributed by atoms with Gasteiger partial charge in [-0.15, -0.1) is 0 Å². The van der Waals surface area contributed by atoms with Gasteiger partial charge in [-0.25, -0.2) is 0 Å². The molecule has 0 spiro atoms. The van der Waals surface area contributed by atoms with Gasteiger partial charge in [0.15, 0.2) is 6.61 Å². The Morgan fingerprint density at radius 2 is 1.80 bits per heavy atom. The van der Waals surface area contributed by atoms with Crippen LogP contribution in [0.3, 0.4) is 0 Å². The molecule has 132 valence electrons. The summed E-state index contributed by atoms with van der Waals surface area (Å²) in [6.07, 6.45) is 0.0323. The van der Waals surface area contributed by atoms with Crippen LogP contribution in [0.4, 0.5) is 0 Å². The third kappa shape index (κ3) is 6.40. The molecule has 0 radical (unpaired) electrons. The third-order valence-electron chi connectivity index (χ3n) is 3.67. The molecule has 0 aliphatic carbocycles. The molecule has 0 heterocycles. The van der Waals surface area contributed by atoms with Crippen LogP contribution in [0, 0.1) is 0 Å². The van der Waals surface area contributed by atoms with Crippen molar-refractivity contribution in [2.24, 2.45) is 0 Å². The van der Waals surface area contributed by atoms with Crippen LogP contribution >= 0.6 is 23.2 Å². The Morgan fingerprint density at radius 3 is 2.48 bits per heavy atom. The summed E-state index contributed by atoms with van der Waals surface area (Å²) in [5, 5.41) is 3.56. The van der Waals surface area contributed by atoms with Crippen LogP contribution in [0.1, 0.15) is 24.0 Å². The fourth-order valence-electron chi connectivity index (χ4n) is 2.23. The van der Waals surface area contributed by atoms with Crippen molar-refractivity contribution in [2.45, 2.75) is 19.3 Å². The van der Waals surface area contributed by atoms with Crippen molar-refractivity contribution in [3.8, 4) is 0 Å². The Labute approximate surface area is 157 Å². The summed E-state index contributed by atoms with van der Waals surface area (Å²) in [6.45, 7) is 2.20. The highest BCUT2D eigenvalue weighted by Crippen LogP contribution is 2.22. The molecule has 0 aliphatic heterocycles. The lowest BCUT2D eigenvalue weighted by Crippen LogP contribution is -2.31. The van der Waals surface area contributed by atoms with Gasteiger partial charge in [0.2, 0.25) is 0 Å². The quantitative estimate of drug-likeness (QED) is 0.739. The largest absolute Gasteiger partial charge is 0.455 e. The van der Waals surface area contributed by atoms with Gasteiger partial charge in [-0.2, -0.15) is 0 Å². The first-order valence-corrected chi connectivity index (χ1v) is 8.62. The number of esters is 1. The zero-order valence-corrected chi connectivity index (χ0v) is 15.3. The van der Waals surface area contributed by atoms with E-state index in [0.717, 1.165) is 5.56 Å². The van der Waals surface area contributed by atoms with Crippen molar-refractivity contribution in [3.05, 3.63) is 69.7 Å². The minimum atomic E-state index is -0.496. The Hall–Kier alpha value is -2.04. The molecule has 25 heavy (non-hydrogen) atoms. The first-order chi connectivity index (χ1) is 12.0. The molecule has 0 aromatic heterocycles. The van der Waals surface area contributed by atoms with Crippen LogP contribution in [0.15, 0.2) is 48.5 Å². The lowest BCUT2D eigenvalue weighted by molar-refractivity contribution is -0.147. The molecule has 1 atom stereocenters. The van der Waals surface area contributed by atoms with Gasteiger partial charge in [0.1, 0.15) is 0 Å². The number of benzene rings is 2. The molecule has 4 nitrogen and oxygen atoms in total. The van der Waals surface area contributed by atoms with Crippen molar-refractivity contribution in [1.29, 1.82) is 0 Å². The van der Waals surface area contributed by atoms with Gasteiger partial charge in [-0.05, 0) is 29.2 Å². The predicted octanol–water partition coefficient (Wildman–Crippen LogP) is 4.00. The average molecular weight is 380 g/mol. The molecule has 0 aliphatic rings. The van der Waals surface area contributed by atoms with Crippen LogP contribution < -0.4 is 5.32 Å². The molecule has 2 rings (SSSR count). The van der Waals surface area contributed by atoms with E-state index in [9.17, 15) is 9.59 Å². The molecule has 2 aromatic carbocycles. The number of amides is 1. The van der Waals surface area contributed by atoms with E-state index in [4.69, 9.17) is 27.9 Å². The van der Waals surface area contributed by atoms with Crippen LogP contribution in [0.5, 0.6) is 0 Å². The van der Waals surface area contributed by atoms with Gasteiger partial charge in [-0.3, -0.25) is 9.59 Å². The molecule has 0 unspecified atom stereocenters. The van der Waals surface area contributed by atoms with Gasteiger partial charge >= 0.3 is 5.97 Å². The third-order valence-corrected chi connectivity index (χ3v) is 4.41. The average Bonchev–Trinajstić information content (AvgIpc) is 2.61. The molecule has 6 heteroatoms. The lowest BCUT2D eigenvalue weighted by Gasteiger charge is -2.13. The first-order valence-electron chi connectivity index (χ1n) is 7.87. The molecule has 0 saturated heterocycles. The second kappa shape index (κ2) is 9.44. The smallest absolute Gasteiger partial charge is 0.310 e. The van der Waals surface area contributed by atoms with E-state index in [-0.39, 0.29) is 24.9 Å². The summed E-state index contributed by atoms with van der Waals surface area (Å²) in [7, 11) is 0. The summed E-state index contributed by atoms with van der Waals surface area (Å²) >= 11 is 11.7. The van der Waals surface area contributed by atoms with Crippen LogP contribution in [-0.4, -0.2) is 25.0 Å². The maximum atomic E-state index is 11.8. The van der Waals surface area contributed by atoms with E-state index in [1.54, 1.807) is 18.2 Å². The zero-order valence-electron chi connectivity index (χ0n) is 13.8. The Balaban J connectivity index is 1.72. The van der Waals surface area contributed by atoms with Crippen molar-refractivity contribution in [1.82, 2.24) is 5.32 Å². The van der Waals surface area contributed by atoms with E-state index in [1.807, 2.05) is 37.3 Å². The van der Waals surface area contributed by atoms with E-state index >= 15 is 0 Å². The Bertz CT molecular complexity index is 735. The second-order valence-electron chi connectivity index (χ2n) is 5.70. The van der Waals surface area contributed by atoms with Crippen LogP contribution in [0.25, 0.3) is 0 Å². The molecule has 0 bridgehead atoms. The standard InChI is InChI=1S/C19H19Cl2NO3/c1-13(15-5-3-2-4-6-15)11-22-18(23)12-25-19(24)10-14-7-8-16(20)17(21)9-14/h2-9,13H,10-12H2,1H3,(H,22,23)/t13-/m0/s1. The van der Waals surface area contributed by atoms with Crippen LogP contribution in [-0.2, 0) is 20.7 Å². The fraction of sp³-hybridized carbons (Fsp3) is 0.263. The number of hydrogen-bond donors (Lipinski definition) is 1. The van der Waals surface area contributed by atoms with Gasteiger partial charge in [0.05, 0.1) is 16.5 Å². The molecule has 1 amide bonds. The van der Waals surface area contributed by atoms with Crippen LogP contribution in [0.2, 0.25) is 10.0 Å². The molecular formula is C19H19Cl2NO3. The fourth-order valence-corrected chi connectivity index (χ4v) is 2.55. The second-order valence-corrected chi connectivity index (χ2v) is 6.52. The number of halogens is 2. The monoisotopic (exact) mass is 379 g/mol. The topological polar surface area (TPSA) is 55.4 Å². The van der Waals surface area contributed by atoms with Crippen molar-refractivity contribution in [2.75, 3.05) is 13.2 Å². The molecule has 1 N–H and O–H groups in total. The zero-order chi connectivity index (χ0) is 18.2. The number of nitrogens with one attached hydrogen (secondary N) is 1. The van der Waals surface area contributed by atoms with E-state index in [0.29, 0.717) is 22.2 Å². The van der Waals surface area contributed by atoms with E-state index in [2.05, 4.69) is 5.32 Å². The lowest BCUT2D eigenvalue weighted by atomic mass is 10.0. The minimum absolute atomic E-state index is 0.0323. The van der Waals surface area contributed by atoms with Crippen molar-refractivity contribution in [3.63, 3.8) is 0 Å². The molecule has 2 aromatic rings. The van der Waals surface area contributed by atoms with E-state index < -0.39 is 5.97 Å².